The number of carbonyl (C=O) groups is 1. The second kappa shape index (κ2) is 6.71. The van der Waals surface area contributed by atoms with Gasteiger partial charge in [0, 0.05) is 31.5 Å². The Hall–Kier alpha value is -1.35. The van der Waals surface area contributed by atoms with E-state index in [0.717, 1.165) is 28.8 Å². The molecule has 3 heteroatoms. The van der Waals surface area contributed by atoms with Crippen molar-refractivity contribution in [1.82, 2.24) is 0 Å². The zero-order chi connectivity index (χ0) is 14.6. The first-order valence-corrected chi connectivity index (χ1v) is 6.79. The third-order valence-electron chi connectivity index (χ3n) is 3.70. The molecule has 0 amide bonds. The van der Waals surface area contributed by atoms with Gasteiger partial charge in [-0.2, -0.15) is 0 Å². The van der Waals surface area contributed by atoms with Crippen molar-refractivity contribution >= 4 is 11.5 Å². The van der Waals surface area contributed by atoms with Crippen molar-refractivity contribution in [3.8, 4) is 0 Å². The minimum absolute atomic E-state index is 0.143. The maximum Gasteiger partial charge on any atom is 0.160 e. The fourth-order valence-corrected chi connectivity index (χ4v) is 2.51. The van der Waals surface area contributed by atoms with E-state index < -0.39 is 0 Å². The molecule has 0 aromatic heterocycles. The van der Waals surface area contributed by atoms with Crippen LogP contribution in [0, 0.1) is 6.92 Å². The number of aryl methyl sites for hydroxylation is 1. The second-order valence-corrected chi connectivity index (χ2v) is 5.07. The van der Waals surface area contributed by atoms with E-state index in [0.29, 0.717) is 6.61 Å². The average Bonchev–Trinajstić information content (AvgIpc) is 2.37. The summed E-state index contributed by atoms with van der Waals surface area (Å²) in [4.78, 5) is 14.0. The average molecular weight is 263 g/mol. The fraction of sp³-hybridized carbons (Fsp3) is 0.562. The molecular formula is C16H25NO2. The van der Waals surface area contributed by atoms with Gasteiger partial charge in [-0.3, -0.25) is 4.79 Å². The first-order chi connectivity index (χ1) is 8.93. The number of Topliss-reactive ketones (excluding diaryl/α,β-unsaturated/α-hetero) is 1. The molecule has 3 nitrogen and oxygen atoms in total. The molecule has 0 aliphatic carbocycles. The molecule has 1 aromatic carbocycles. The van der Waals surface area contributed by atoms with Crippen LogP contribution in [0.25, 0.3) is 0 Å². The number of likely N-dealkylation sites (N-methyl/N-ethyl adjacent to an activating group) is 1. The summed E-state index contributed by atoms with van der Waals surface area (Å²) in [5.41, 5.74) is 4.17. The quantitative estimate of drug-likeness (QED) is 0.738. The summed E-state index contributed by atoms with van der Waals surface area (Å²) in [6.45, 7) is 8.54. The number of rotatable bonds is 6. The van der Waals surface area contributed by atoms with Gasteiger partial charge in [0.15, 0.2) is 5.78 Å². The standard InChI is InChI=1S/C16H25NO2/c1-7-14-8-9-15(12(3)16(14)13(4)18)17(5)11(2)10-19-6/h8-9,11H,7,10H2,1-6H3. The van der Waals surface area contributed by atoms with E-state index in [1.807, 2.05) is 14.0 Å². The number of benzene rings is 1. The third kappa shape index (κ3) is 3.35. The van der Waals surface area contributed by atoms with E-state index in [1.165, 1.54) is 0 Å². The van der Waals surface area contributed by atoms with Crippen molar-refractivity contribution in [2.75, 3.05) is 25.7 Å². The van der Waals surface area contributed by atoms with Crippen LogP contribution in [-0.4, -0.2) is 32.6 Å². The zero-order valence-electron chi connectivity index (χ0n) is 12.9. The Morgan fingerprint density at radius 1 is 1.42 bits per heavy atom. The number of anilines is 1. The maximum atomic E-state index is 11.9. The van der Waals surface area contributed by atoms with Crippen molar-refractivity contribution in [3.05, 3.63) is 28.8 Å². The van der Waals surface area contributed by atoms with E-state index in [2.05, 4.69) is 30.9 Å². The summed E-state index contributed by atoms with van der Waals surface area (Å²) < 4.78 is 5.20. The summed E-state index contributed by atoms with van der Waals surface area (Å²) >= 11 is 0. The van der Waals surface area contributed by atoms with Gasteiger partial charge >= 0.3 is 0 Å². The molecule has 1 unspecified atom stereocenters. The Balaban J connectivity index is 3.23. The van der Waals surface area contributed by atoms with E-state index >= 15 is 0 Å². The van der Waals surface area contributed by atoms with Crippen molar-refractivity contribution < 1.29 is 9.53 Å². The zero-order valence-corrected chi connectivity index (χ0v) is 12.9. The SMILES string of the molecule is CCc1ccc(N(C)C(C)COC)c(C)c1C(C)=O. The van der Waals surface area contributed by atoms with Gasteiger partial charge in [0.2, 0.25) is 0 Å². The van der Waals surface area contributed by atoms with Crippen LogP contribution in [0.5, 0.6) is 0 Å². The predicted molar refractivity (Wildman–Crippen MR) is 80.3 cm³/mol. The lowest BCUT2D eigenvalue weighted by molar-refractivity contribution is 0.101. The molecule has 0 aliphatic rings. The molecule has 19 heavy (non-hydrogen) atoms. The lowest BCUT2D eigenvalue weighted by atomic mass is 9.95. The lowest BCUT2D eigenvalue weighted by Crippen LogP contribution is -2.33. The first-order valence-electron chi connectivity index (χ1n) is 6.79. The monoisotopic (exact) mass is 263 g/mol. The second-order valence-electron chi connectivity index (χ2n) is 5.07. The number of nitrogens with zero attached hydrogens (tertiary/aromatic N) is 1. The Bertz CT molecular complexity index is 454. The lowest BCUT2D eigenvalue weighted by Gasteiger charge is -2.29. The van der Waals surface area contributed by atoms with Gasteiger partial charge < -0.3 is 9.64 Å². The molecule has 0 heterocycles. The normalized spacial score (nSPS) is 12.3. The van der Waals surface area contributed by atoms with E-state index in [4.69, 9.17) is 4.74 Å². The van der Waals surface area contributed by atoms with Crippen molar-refractivity contribution in [2.24, 2.45) is 0 Å². The van der Waals surface area contributed by atoms with Gasteiger partial charge in [-0.05, 0) is 44.4 Å². The topological polar surface area (TPSA) is 29.5 Å². The van der Waals surface area contributed by atoms with Crippen LogP contribution < -0.4 is 4.90 Å². The molecule has 1 atom stereocenters. The van der Waals surface area contributed by atoms with Crippen LogP contribution in [0.1, 0.15) is 42.3 Å². The van der Waals surface area contributed by atoms with Crippen LogP contribution in [0.3, 0.4) is 0 Å². The van der Waals surface area contributed by atoms with Crippen molar-refractivity contribution in [2.45, 2.75) is 40.2 Å². The Kier molecular flexibility index (Phi) is 5.55. The maximum absolute atomic E-state index is 11.9. The molecule has 0 fully saturated rings. The van der Waals surface area contributed by atoms with Crippen LogP contribution in [0.4, 0.5) is 5.69 Å². The molecule has 0 aliphatic heterocycles. The summed E-state index contributed by atoms with van der Waals surface area (Å²) in [5, 5.41) is 0. The minimum atomic E-state index is 0.143. The molecule has 1 rings (SSSR count). The Labute approximate surface area is 116 Å². The van der Waals surface area contributed by atoms with Crippen molar-refractivity contribution in [3.63, 3.8) is 0 Å². The van der Waals surface area contributed by atoms with Crippen LogP contribution in [0.15, 0.2) is 12.1 Å². The van der Waals surface area contributed by atoms with Gasteiger partial charge in [-0.15, -0.1) is 0 Å². The van der Waals surface area contributed by atoms with Crippen LogP contribution in [-0.2, 0) is 11.2 Å². The molecular weight excluding hydrogens is 238 g/mol. The molecule has 0 bridgehead atoms. The third-order valence-corrected chi connectivity index (χ3v) is 3.70. The van der Waals surface area contributed by atoms with Crippen molar-refractivity contribution in [1.29, 1.82) is 0 Å². The Morgan fingerprint density at radius 3 is 2.53 bits per heavy atom. The number of hydrogen-bond acceptors (Lipinski definition) is 3. The smallest absolute Gasteiger partial charge is 0.160 e. The predicted octanol–water partition coefficient (Wildman–Crippen LogP) is 3.23. The van der Waals surface area contributed by atoms with E-state index in [-0.39, 0.29) is 11.8 Å². The molecule has 0 saturated heterocycles. The number of hydrogen-bond donors (Lipinski definition) is 0. The van der Waals surface area contributed by atoms with Crippen LogP contribution >= 0.6 is 0 Å². The fourth-order valence-electron chi connectivity index (χ4n) is 2.51. The Morgan fingerprint density at radius 2 is 2.05 bits per heavy atom. The van der Waals surface area contributed by atoms with Crippen LogP contribution in [0.2, 0.25) is 0 Å². The highest BCUT2D eigenvalue weighted by atomic mass is 16.5. The highest BCUT2D eigenvalue weighted by molar-refractivity contribution is 5.98. The summed E-state index contributed by atoms with van der Waals surface area (Å²) in [6, 6.07) is 4.44. The van der Waals surface area contributed by atoms with Gasteiger partial charge in [-0.1, -0.05) is 13.0 Å². The van der Waals surface area contributed by atoms with Gasteiger partial charge in [-0.25, -0.2) is 0 Å². The molecule has 0 N–H and O–H groups in total. The molecule has 0 spiro atoms. The van der Waals surface area contributed by atoms with Gasteiger partial charge in [0.05, 0.1) is 6.61 Å². The van der Waals surface area contributed by atoms with Gasteiger partial charge in [0.1, 0.15) is 0 Å². The summed E-state index contributed by atoms with van der Waals surface area (Å²) in [6.07, 6.45) is 0.882. The number of ketones is 1. The highest BCUT2D eigenvalue weighted by Crippen LogP contribution is 2.27. The molecule has 106 valence electrons. The minimum Gasteiger partial charge on any atom is -0.383 e. The summed E-state index contributed by atoms with van der Waals surface area (Å²) in [5.74, 6) is 0.143. The number of methoxy groups -OCH3 is 1. The number of carbonyl (C=O) groups excluding carboxylic acids is 1. The van der Waals surface area contributed by atoms with Gasteiger partial charge in [0.25, 0.3) is 0 Å². The largest absolute Gasteiger partial charge is 0.383 e. The van der Waals surface area contributed by atoms with E-state index in [9.17, 15) is 4.79 Å². The highest BCUT2D eigenvalue weighted by Gasteiger charge is 2.17. The molecule has 1 aromatic rings. The molecule has 0 radical (unpaired) electrons. The van der Waals surface area contributed by atoms with E-state index in [1.54, 1.807) is 14.0 Å². The summed E-state index contributed by atoms with van der Waals surface area (Å²) in [7, 11) is 3.75. The molecule has 0 saturated carbocycles. The first kappa shape index (κ1) is 15.7. The number of ether oxygens (including phenoxy) is 1.